The lowest BCUT2D eigenvalue weighted by Crippen LogP contribution is -2.26. The minimum atomic E-state index is -0.277. The molecule has 0 aliphatic rings. The maximum atomic E-state index is 11.8. The molecule has 1 aromatic carbocycles. The molecule has 6 heteroatoms. The van der Waals surface area contributed by atoms with Crippen LogP contribution in [0.3, 0.4) is 0 Å². The summed E-state index contributed by atoms with van der Waals surface area (Å²) in [5.41, 5.74) is 3.85. The number of hydrazone groups is 1. The van der Waals surface area contributed by atoms with Gasteiger partial charge in [-0.2, -0.15) is 5.10 Å². The minimum Gasteiger partial charge on any atom is -0.319 e. The number of hydrogen-bond acceptors (Lipinski definition) is 3. The summed E-state index contributed by atoms with van der Waals surface area (Å²) in [6.07, 6.45) is 3.50. The van der Waals surface area contributed by atoms with Crippen molar-refractivity contribution in [2.45, 2.75) is 0 Å². The van der Waals surface area contributed by atoms with Crippen LogP contribution in [0.5, 0.6) is 0 Å². The van der Waals surface area contributed by atoms with Gasteiger partial charge in [0.2, 0.25) is 0 Å². The number of amides is 1. The quantitative estimate of drug-likeness (QED) is 0.692. The fraction of sp³-hybridized carbons (Fsp3) is 0.143. The molecule has 1 N–H and O–H groups in total. The van der Waals surface area contributed by atoms with Crippen molar-refractivity contribution in [3.8, 4) is 0 Å². The molecule has 0 spiro atoms. The van der Waals surface area contributed by atoms with E-state index in [0.29, 0.717) is 10.6 Å². The SMILES string of the molecule is CN(C)n1cccc1/C=N\NC(=O)c1ccc(Cl)cc1. The molecule has 1 heterocycles. The monoisotopic (exact) mass is 290 g/mol. The molecule has 0 saturated heterocycles. The van der Waals surface area contributed by atoms with Gasteiger partial charge < -0.3 is 5.01 Å². The molecule has 0 bridgehead atoms. The van der Waals surface area contributed by atoms with Crippen LogP contribution < -0.4 is 10.4 Å². The van der Waals surface area contributed by atoms with Gasteiger partial charge in [0.15, 0.2) is 0 Å². The number of carbonyl (C=O) groups excluding carboxylic acids is 1. The van der Waals surface area contributed by atoms with Crippen molar-refractivity contribution < 1.29 is 4.79 Å². The second-order valence-corrected chi connectivity index (χ2v) is 4.77. The van der Waals surface area contributed by atoms with E-state index in [1.54, 1.807) is 30.5 Å². The Balaban J connectivity index is 2.01. The molecular formula is C14H15ClN4O. The molecule has 2 aromatic rings. The molecule has 0 radical (unpaired) electrons. The predicted molar refractivity (Wildman–Crippen MR) is 81.0 cm³/mol. The second-order valence-electron chi connectivity index (χ2n) is 4.33. The van der Waals surface area contributed by atoms with Crippen LogP contribution >= 0.6 is 11.6 Å². The molecule has 20 heavy (non-hydrogen) atoms. The third-order valence-corrected chi connectivity index (χ3v) is 2.91. The van der Waals surface area contributed by atoms with Gasteiger partial charge in [0.1, 0.15) is 0 Å². The van der Waals surface area contributed by atoms with E-state index in [0.717, 1.165) is 5.69 Å². The lowest BCUT2D eigenvalue weighted by Gasteiger charge is -2.15. The third kappa shape index (κ3) is 3.39. The number of nitrogens with zero attached hydrogens (tertiary/aromatic N) is 3. The molecule has 0 saturated carbocycles. The highest BCUT2D eigenvalue weighted by Gasteiger charge is 2.03. The van der Waals surface area contributed by atoms with Crippen molar-refractivity contribution in [3.63, 3.8) is 0 Å². The van der Waals surface area contributed by atoms with E-state index in [1.807, 2.05) is 42.1 Å². The minimum absolute atomic E-state index is 0.277. The molecule has 5 nitrogen and oxygen atoms in total. The van der Waals surface area contributed by atoms with Crippen LogP contribution in [-0.4, -0.2) is 30.9 Å². The molecule has 104 valence electrons. The molecule has 1 aromatic heterocycles. The van der Waals surface area contributed by atoms with Crippen LogP contribution in [0.25, 0.3) is 0 Å². The number of carbonyl (C=O) groups is 1. The van der Waals surface area contributed by atoms with Crippen molar-refractivity contribution in [1.82, 2.24) is 10.1 Å². The second kappa shape index (κ2) is 6.25. The summed E-state index contributed by atoms with van der Waals surface area (Å²) in [6.45, 7) is 0. The highest BCUT2D eigenvalue weighted by atomic mass is 35.5. The van der Waals surface area contributed by atoms with Gasteiger partial charge in [0.05, 0.1) is 11.9 Å². The summed E-state index contributed by atoms with van der Waals surface area (Å²) in [6, 6.07) is 10.4. The van der Waals surface area contributed by atoms with Crippen LogP contribution in [-0.2, 0) is 0 Å². The van der Waals surface area contributed by atoms with Gasteiger partial charge in [-0.25, -0.2) is 5.43 Å². The van der Waals surface area contributed by atoms with Gasteiger partial charge in [0.25, 0.3) is 5.91 Å². The number of rotatable bonds is 4. The zero-order valence-electron chi connectivity index (χ0n) is 11.2. The standard InChI is InChI=1S/C14H15ClN4O/c1-18(2)19-9-3-4-13(19)10-16-17-14(20)11-5-7-12(15)8-6-11/h3-10H,1-2H3,(H,17,20)/b16-10-. The molecule has 0 fully saturated rings. The van der Waals surface area contributed by atoms with Gasteiger partial charge >= 0.3 is 0 Å². The van der Waals surface area contributed by atoms with Crippen molar-refractivity contribution in [3.05, 3.63) is 58.9 Å². The van der Waals surface area contributed by atoms with Crippen LogP contribution in [0, 0.1) is 0 Å². The third-order valence-electron chi connectivity index (χ3n) is 2.66. The number of nitrogens with one attached hydrogen (secondary N) is 1. The van der Waals surface area contributed by atoms with Gasteiger partial charge in [-0.15, -0.1) is 0 Å². The number of hydrogen-bond donors (Lipinski definition) is 1. The summed E-state index contributed by atoms with van der Waals surface area (Å²) < 4.78 is 1.90. The lowest BCUT2D eigenvalue weighted by molar-refractivity contribution is 0.0955. The molecular weight excluding hydrogens is 276 g/mol. The van der Waals surface area contributed by atoms with Gasteiger partial charge in [0, 0.05) is 30.9 Å². The largest absolute Gasteiger partial charge is 0.319 e. The molecule has 0 aliphatic heterocycles. The Morgan fingerprint density at radius 1 is 1.30 bits per heavy atom. The zero-order valence-corrected chi connectivity index (χ0v) is 12.0. The van der Waals surface area contributed by atoms with Crippen molar-refractivity contribution in [2.75, 3.05) is 19.1 Å². The topological polar surface area (TPSA) is 49.6 Å². The summed E-state index contributed by atoms with van der Waals surface area (Å²) in [7, 11) is 3.84. The summed E-state index contributed by atoms with van der Waals surface area (Å²) in [5.74, 6) is -0.277. The first-order chi connectivity index (χ1) is 9.58. The van der Waals surface area contributed by atoms with Crippen LogP contribution in [0.15, 0.2) is 47.7 Å². The van der Waals surface area contributed by atoms with Gasteiger partial charge in [-0.3, -0.25) is 9.47 Å². The summed E-state index contributed by atoms with van der Waals surface area (Å²) in [5, 5.41) is 6.45. The summed E-state index contributed by atoms with van der Waals surface area (Å²) in [4.78, 5) is 11.8. The average Bonchev–Trinajstić information content (AvgIpc) is 2.88. The van der Waals surface area contributed by atoms with E-state index in [-0.39, 0.29) is 5.91 Å². The van der Waals surface area contributed by atoms with E-state index in [9.17, 15) is 4.79 Å². The molecule has 1 amide bonds. The first-order valence-corrected chi connectivity index (χ1v) is 6.39. The maximum absolute atomic E-state index is 11.8. The van der Waals surface area contributed by atoms with Gasteiger partial charge in [-0.05, 0) is 36.4 Å². The Hall–Kier alpha value is -2.27. The van der Waals surface area contributed by atoms with Gasteiger partial charge in [-0.1, -0.05) is 11.6 Å². The summed E-state index contributed by atoms with van der Waals surface area (Å²) >= 11 is 5.77. The number of aromatic nitrogens is 1. The zero-order chi connectivity index (χ0) is 14.5. The highest BCUT2D eigenvalue weighted by molar-refractivity contribution is 6.30. The van der Waals surface area contributed by atoms with E-state index in [2.05, 4.69) is 10.5 Å². The molecule has 2 rings (SSSR count). The first kappa shape index (κ1) is 14.1. The maximum Gasteiger partial charge on any atom is 0.271 e. The van der Waals surface area contributed by atoms with Crippen molar-refractivity contribution >= 4 is 23.7 Å². The van der Waals surface area contributed by atoms with E-state index in [4.69, 9.17) is 11.6 Å². The van der Waals surface area contributed by atoms with Crippen molar-refractivity contribution in [2.24, 2.45) is 5.10 Å². The molecule has 0 atom stereocenters. The Kier molecular flexibility index (Phi) is 4.42. The highest BCUT2D eigenvalue weighted by Crippen LogP contribution is 2.09. The van der Waals surface area contributed by atoms with E-state index in [1.165, 1.54) is 0 Å². The number of benzene rings is 1. The smallest absolute Gasteiger partial charge is 0.271 e. The Bertz CT molecular complexity index is 616. The van der Waals surface area contributed by atoms with E-state index < -0.39 is 0 Å². The lowest BCUT2D eigenvalue weighted by atomic mass is 10.2. The first-order valence-electron chi connectivity index (χ1n) is 6.02. The predicted octanol–water partition coefficient (Wildman–Crippen LogP) is 2.10. The fourth-order valence-corrected chi connectivity index (χ4v) is 1.80. The van der Waals surface area contributed by atoms with Crippen LogP contribution in [0.2, 0.25) is 5.02 Å². The Morgan fingerprint density at radius 3 is 2.65 bits per heavy atom. The number of halogens is 1. The van der Waals surface area contributed by atoms with Crippen LogP contribution in [0.4, 0.5) is 0 Å². The average molecular weight is 291 g/mol. The Morgan fingerprint density at radius 2 is 2.00 bits per heavy atom. The Labute approximate surface area is 122 Å². The van der Waals surface area contributed by atoms with Crippen molar-refractivity contribution in [1.29, 1.82) is 0 Å². The van der Waals surface area contributed by atoms with E-state index >= 15 is 0 Å². The fourth-order valence-electron chi connectivity index (χ4n) is 1.67. The normalized spacial score (nSPS) is 10.8. The van der Waals surface area contributed by atoms with Crippen LogP contribution in [0.1, 0.15) is 16.1 Å². The molecule has 0 unspecified atom stereocenters. The molecule has 0 aliphatic carbocycles.